The summed E-state index contributed by atoms with van der Waals surface area (Å²) in [5, 5.41) is 19.7. The minimum absolute atomic E-state index is 0.0806. The van der Waals surface area contributed by atoms with Gasteiger partial charge in [0.05, 0.1) is 11.4 Å². The van der Waals surface area contributed by atoms with E-state index in [9.17, 15) is 24.6 Å². The maximum atomic E-state index is 11.9. The molecule has 2 aromatic rings. The molecule has 136 valence electrons. The van der Waals surface area contributed by atoms with E-state index < -0.39 is 28.7 Å². The maximum Gasteiger partial charge on any atom is 0.351 e. The number of carbonyl (C=O) groups excluding carboxylic acids is 2. The molecule has 0 atom stereocenters. The van der Waals surface area contributed by atoms with Crippen LogP contribution < -0.4 is 10.4 Å². The lowest BCUT2D eigenvalue weighted by Gasteiger charge is -2.08. The molecule has 0 saturated heterocycles. The normalized spacial score (nSPS) is 11.3. The predicted molar refractivity (Wildman–Crippen MR) is 92.6 cm³/mol. The molecule has 0 bridgehead atoms. The standard InChI is InChI=1S/C18H17NO7/c1-4-13(21)25-12-7-5-11(6-8-12)19-9(2)14-16(22)15(10(3)20)18(24)26-17(14)23/h5-8,22,24H,4H2,1-3H3. The number of Topliss-reactive ketones (excluding diaryl/α,β-unsaturated/α-hetero) is 1. The van der Waals surface area contributed by atoms with Gasteiger partial charge in [0.25, 0.3) is 5.95 Å². The number of hydrogen-bond acceptors (Lipinski definition) is 8. The van der Waals surface area contributed by atoms with Crippen LogP contribution in [0.3, 0.4) is 0 Å². The van der Waals surface area contributed by atoms with Crippen molar-refractivity contribution in [3.8, 4) is 17.4 Å². The van der Waals surface area contributed by atoms with Gasteiger partial charge in [-0.05, 0) is 38.1 Å². The third-order valence-electron chi connectivity index (χ3n) is 3.45. The third kappa shape index (κ3) is 3.97. The van der Waals surface area contributed by atoms with Gasteiger partial charge in [-0.1, -0.05) is 6.92 Å². The topological polar surface area (TPSA) is 126 Å². The van der Waals surface area contributed by atoms with Crippen molar-refractivity contribution in [2.24, 2.45) is 4.99 Å². The van der Waals surface area contributed by atoms with Crippen LogP contribution in [-0.2, 0) is 4.79 Å². The second-order valence-corrected chi connectivity index (χ2v) is 5.37. The van der Waals surface area contributed by atoms with Crippen LogP contribution in [-0.4, -0.2) is 27.7 Å². The van der Waals surface area contributed by atoms with Crippen LogP contribution in [0.5, 0.6) is 17.4 Å². The van der Waals surface area contributed by atoms with Gasteiger partial charge in [-0.2, -0.15) is 0 Å². The first-order valence-electron chi connectivity index (χ1n) is 7.71. The molecule has 0 amide bonds. The van der Waals surface area contributed by atoms with E-state index in [1.807, 2.05) is 0 Å². The summed E-state index contributed by atoms with van der Waals surface area (Å²) in [6.07, 6.45) is 0.243. The molecular weight excluding hydrogens is 342 g/mol. The van der Waals surface area contributed by atoms with Gasteiger partial charge in [0.15, 0.2) is 5.78 Å². The number of hydrogen-bond donors (Lipinski definition) is 2. The van der Waals surface area contributed by atoms with Gasteiger partial charge in [-0.25, -0.2) is 4.79 Å². The van der Waals surface area contributed by atoms with Crippen molar-refractivity contribution in [1.82, 2.24) is 0 Å². The number of rotatable bonds is 5. The highest BCUT2D eigenvalue weighted by molar-refractivity contribution is 6.07. The number of carbonyl (C=O) groups is 2. The van der Waals surface area contributed by atoms with Gasteiger partial charge in [-0.15, -0.1) is 0 Å². The molecule has 26 heavy (non-hydrogen) atoms. The van der Waals surface area contributed by atoms with Gasteiger partial charge >= 0.3 is 11.6 Å². The molecule has 0 aliphatic heterocycles. The predicted octanol–water partition coefficient (Wildman–Crippen LogP) is 2.71. The van der Waals surface area contributed by atoms with E-state index in [4.69, 9.17) is 4.74 Å². The van der Waals surface area contributed by atoms with E-state index in [1.165, 1.54) is 19.1 Å². The molecule has 0 aliphatic carbocycles. The lowest BCUT2D eigenvalue weighted by Crippen LogP contribution is -2.15. The smallest absolute Gasteiger partial charge is 0.351 e. The summed E-state index contributed by atoms with van der Waals surface area (Å²) in [5.74, 6) is -2.33. The largest absolute Gasteiger partial charge is 0.506 e. The molecule has 0 radical (unpaired) electrons. The lowest BCUT2D eigenvalue weighted by atomic mass is 10.1. The highest BCUT2D eigenvalue weighted by atomic mass is 16.5. The third-order valence-corrected chi connectivity index (χ3v) is 3.45. The van der Waals surface area contributed by atoms with Crippen LogP contribution >= 0.6 is 0 Å². The van der Waals surface area contributed by atoms with Crippen LogP contribution in [0.2, 0.25) is 0 Å². The molecular formula is C18H17NO7. The Morgan fingerprint density at radius 3 is 2.27 bits per heavy atom. The minimum Gasteiger partial charge on any atom is -0.506 e. The second-order valence-electron chi connectivity index (χ2n) is 5.37. The Balaban J connectivity index is 2.41. The molecule has 0 unspecified atom stereocenters. The van der Waals surface area contributed by atoms with Crippen molar-refractivity contribution in [2.45, 2.75) is 27.2 Å². The zero-order valence-electron chi connectivity index (χ0n) is 14.4. The number of esters is 1. The van der Waals surface area contributed by atoms with Gasteiger partial charge in [0.1, 0.15) is 22.6 Å². The first-order valence-corrected chi connectivity index (χ1v) is 7.71. The second kappa shape index (κ2) is 7.64. The number of ether oxygens (including phenoxy) is 1. The molecule has 2 rings (SSSR count). The molecule has 1 aromatic carbocycles. The Hall–Kier alpha value is -3.42. The van der Waals surface area contributed by atoms with Crippen LogP contribution in [0, 0.1) is 0 Å². The maximum absolute atomic E-state index is 11.9. The SMILES string of the molecule is CCC(=O)Oc1ccc(N=C(C)c2c(O)c(C(C)=O)c(O)oc2=O)cc1. The average molecular weight is 359 g/mol. The lowest BCUT2D eigenvalue weighted by molar-refractivity contribution is -0.134. The van der Waals surface area contributed by atoms with Gasteiger partial charge < -0.3 is 19.4 Å². The van der Waals surface area contributed by atoms with Crippen LogP contribution in [0.25, 0.3) is 0 Å². The van der Waals surface area contributed by atoms with Crippen molar-refractivity contribution in [3.05, 3.63) is 45.8 Å². The molecule has 8 heteroatoms. The van der Waals surface area contributed by atoms with E-state index in [1.54, 1.807) is 19.1 Å². The first-order chi connectivity index (χ1) is 12.2. The van der Waals surface area contributed by atoms with Gasteiger partial charge in [0.2, 0.25) is 0 Å². The fraction of sp³-hybridized carbons (Fsp3) is 0.222. The Bertz CT molecular complexity index is 939. The number of aromatic hydroxyl groups is 2. The summed E-state index contributed by atoms with van der Waals surface area (Å²) >= 11 is 0. The Kier molecular flexibility index (Phi) is 5.56. The Labute approximate surface area is 148 Å². The highest BCUT2D eigenvalue weighted by Gasteiger charge is 2.23. The zero-order chi connectivity index (χ0) is 19.4. The van der Waals surface area contributed by atoms with E-state index >= 15 is 0 Å². The van der Waals surface area contributed by atoms with Crippen LogP contribution in [0.15, 0.2) is 38.5 Å². The Morgan fingerprint density at radius 1 is 1.12 bits per heavy atom. The van der Waals surface area contributed by atoms with Gasteiger partial charge in [0, 0.05) is 6.42 Å². The molecule has 0 aliphatic rings. The molecule has 0 saturated carbocycles. The summed E-state index contributed by atoms with van der Waals surface area (Å²) in [5.41, 5.74) is -1.35. The quantitative estimate of drug-likeness (QED) is 0.364. The molecule has 0 fully saturated rings. The molecule has 2 N–H and O–H groups in total. The number of aliphatic imine (C=N–C) groups is 1. The van der Waals surface area contributed by atoms with E-state index in [2.05, 4.69) is 9.41 Å². The molecule has 1 heterocycles. The number of nitrogens with zero attached hydrogens (tertiary/aromatic N) is 1. The van der Waals surface area contributed by atoms with Crippen molar-refractivity contribution >= 4 is 23.2 Å². The fourth-order valence-electron chi connectivity index (χ4n) is 2.19. The summed E-state index contributed by atoms with van der Waals surface area (Å²) in [6.45, 7) is 4.23. The monoisotopic (exact) mass is 359 g/mol. The summed E-state index contributed by atoms with van der Waals surface area (Å²) in [4.78, 5) is 38.9. The first kappa shape index (κ1) is 18.9. The van der Waals surface area contributed by atoms with Crippen LogP contribution in [0.1, 0.15) is 43.1 Å². The zero-order valence-corrected chi connectivity index (χ0v) is 14.4. The van der Waals surface area contributed by atoms with E-state index in [0.717, 1.165) is 6.92 Å². The van der Waals surface area contributed by atoms with Crippen LogP contribution in [0.4, 0.5) is 5.69 Å². The Morgan fingerprint density at radius 2 is 1.73 bits per heavy atom. The molecule has 1 aromatic heterocycles. The highest BCUT2D eigenvalue weighted by Crippen LogP contribution is 2.29. The van der Waals surface area contributed by atoms with Crippen molar-refractivity contribution in [3.63, 3.8) is 0 Å². The number of benzene rings is 1. The fourth-order valence-corrected chi connectivity index (χ4v) is 2.19. The molecule has 8 nitrogen and oxygen atoms in total. The average Bonchev–Trinajstić information content (AvgIpc) is 2.55. The van der Waals surface area contributed by atoms with Crippen molar-refractivity contribution in [2.75, 3.05) is 0 Å². The van der Waals surface area contributed by atoms with Gasteiger partial charge in [-0.3, -0.25) is 14.6 Å². The van der Waals surface area contributed by atoms with Crippen molar-refractivity contribution in [1.29, 1.82) is 0 Å². The van der Waals surface area contributed by atoms with E-state index in [-0.39, 0.29) is 23.7 Å². The van der Waals surface area contributed by atoms with Crippen molar-refractivity contribution < 1.29 is 29.0 Å². The van der Waals surface area contributed by atoms with E-state index in [0.29, 0.717) is 11.4 Å². The molecule has 0 spiro atoms. The summed E-state index contributed by atoms with van der Waals surface area (Å²) < 4.78 is 9.64. The summed E-state index contributed by atoms with van der Waals surface area (Å²) in [7, 11) is 0. The summed E-state index contributed by atoms with van der Waals surface area (Å²) in [6, 6.07) is 6.15. The minimum atomic E-state index is -1.03. The number of ketones is 1.